The number of carbonyl (C=O) groups is 2. The van der Waals surface area contributed by atoms with Gasteiger partial charge < -0.3 is 20.1 Å². The minimum absolute atomic E-state index is 0.152. The van der Waals surface area contributed by atoms with Crippen molar-refractivity contribution in [3.8, 4) is 0 Å². The van der Waals surface area contributed by atoms with E-state index in [1.807, 2.05) is 6.92 Å². The van der Waals surface area contributed by atoms with Crippen LogP contribution in [0.4, 0.5) is 13.2 Å². The molecule has 0 aromatic heterocycles. The van der Waals surface area contributed by atoms with Crippen LogP contribution in [0.15, 0.2) is 48.5 Å². The second-order valence-corrected chi connectivity index (χ2v) is 10.6. The minimum atomic E-state index is -4.55. The molecule has 2 aromatic carbocycles. The van der Waals surface area contributed by atoms with Gasteiger partial charge in [-0.1, -0.05) is 30.3 Å². The molecule has 1 saturated heterocycles. The van der Waals surface area contributed by atoms with Crippen molar-refractivity contribution in [3.05, 3.63) is 70.8 Å². The Morgan fingerprint density at radius 1 is 1.10 bits per heavy atom. The third-order valence-electron chi connectivity index (χ3n) is 8.17. The third-order valence-corrected chi connectivity index (χ3v) is 8.17. The van der Waals surface area contributed by atoms with E-state index in [-0.39, 0.29) is 29.9 Å². The Kier molecular flexibility index (Phi) is 7.98. The first-order valence-electron chi connectivity index (χ1n) is 13.5. The molecule has 10 heteroatoms. The van der Waals surface area contributed by atoms with E-state index >= 15 is 0 Å². The van der Waals surface area contributed by atoms with Crippen LogP contribution in [0, 0.1) is 0 Å². The van der Waals surface area contributed by atoms with Crippen LogP contribution in [0.3, 0.4) is 0 Å². The highest BCUT2D eigenvalue weighted by molar-refractivity contribution is 5.96. The molecule has 2 amide bonds. The highest BCUT2D eigenvalue weighted by Gasteiger charge is 2.46. The Morgan fingerprint density at radius 2 is 1.87 bits per heavy atom. The van der Waals surface area contributed by atoms with Crippen molar-refractivity contribution in [3.63, 3.8) is 0 Å². The van der Waals surface area contributed by atoms with Crippen molar-refractivity contribution in [2.75, 3.05) is 26.2 Å². The van der Waals surface area contributed by atoms with Crippen LogP contribution in [0.2, 0.25) is 0 Å². The Hall–Kier alpha value is -2.95. The number of nitrogens with one attached hydrogen (secondary N) is 2. The number of carbonyl (C=O) groups excluding carboxylic acids is 2. The molecular formula is C29H34F3N3O4. The van der Waals surface area contributed by atoms with Gasteiger partial charge >= 0.3 is 6.18 Å². The standard InChI is InChI=1S/C29H34F3N3O4/c1-2-38-25-17-35(22-10-12-28(13-11-22)23-9-4-3-6-20(23)18-39-28)16-24(25)34-26(36)15-33-27(37)19-7-5-8-21(14-19)29(30,31)32/h3-9,14,22,24-25H,2,10-13,15-18H2,1H3,(H,33,37)(H,34,36). The summed E-state index contributed by atoms with van der Waals surface area (Å²) in [6.45, 7) is 4.08. The Bertz CT molecular complexity index is 1200. The molecule has 3 aliphatic rings. The van der Waals surface area contributed by atoms with E-state index in [1.165, 1.54) is 23.3 Å². The summed E-state index contributed by atoms with van der Waals surface area (Å²) in [5.41, 5.74) is 1.33. The first-order valence-corrected chi connectivity index (χ1v) is 13.5. The number of alkyl halides is 3. The van der Waals surface area contributed by atoms with E-state index in [0.717, 1.165) is 37.8 Å². The second-order valence-electron chi connectivity index (χ2n) is 10.6. The van der Waals surface area contributed by atoms with Gasteiger partial charge in [0, 0.05) is 31.3 Å². The highest BCUT2D eigenvalue weighted by atomic mass is 19.4. The zero-order valence-corrected chi connectivity index (χ0v) is 21.9. The van der Waals surface area contributed by atoms with Crippen molar-refractivity contribution in [1.82, 2.24) is 15.5 Å². The lowest BCUT2D eigenvalue weighted by Crippen LogP contribution is -2.48. The molecule has 5 rings (SSSR count). The van der Waals surface area contributed by atoms with Crippen LogP contribution in [0.25, 0.3) is 0 Å². The van der Waals surface area contributed by atoms with Crippen LogP contribution >= 0.6 is 0 Å². The molecule has 1 aliphatic carbocycles. The Morgan fingerprint density at radius 3 is 2.62 bits per heavy atom. The Labute approximate surface area is 226 Å². The minimum Gasteiger partial charge on any atom is -0.375 e. The molecule has 2 fully saturated rings. The summed E-state index contributed by atoms with van der Waals surface area (Å²) in [5.74, 6) is -1.15. The van der Waals surface area contributed by atoms with E-state index < -0.39 is 23.6 Å². The zero-order valence-electron chi connectivity index (χ0n) is 21.9. The van der Waals surface area contributed by atoms with E-state index in [9.17, 15) is 22.8 Å². The molecule has 2 heterocycles. The molecule has 1 spiro atoms. The number of rotatable bonds is 7. The first-order chi connectivity index (χ1) is 18.7. The maximum atomic E-state index is 13.0. The molecule has 0 bridgehead atoms. The molecule has 0 radical (unpaired) electrons. The van der Waals surface area contributed by atoms with Gasteiger partial charge in [-0.2, -0.15) is 13.2 Å². The lowest BCUT2D eigenvalue weighted by atomic mass is 9.77. The largest absolute Gasteiger partial charge is 0.416 e. The molecule has 210 valence electrons. The third kappa shape index (κ3) is 5.97. The zero-order chi connectivity index (χ0) is 27.6. The topological polar surface area (TPSA) is 79.9 Å². The predicted octanol–water partition coefficient (Wildman–Crippen LogP) is 4.01. The average molecular weight is 546 g/mol. The van der Waals surface area contributed by atoms with Gasteiger partial charge in [-0.05, 0) is 61.9 Å². The predicted molar refractivity (Wildman–Crippen MR) is 138 cm³/mol. The smallest absolute Gasteiger partial charge is 0.375 e. The van der Waals surface area contributed by atoms with Crippen LogP contribution < -0.4 is 10.6 Å². The molecule has 7 nitrogen and oxygen atoms in total. The number of halogens is 3. The summed E-state index contributed by atoms with van der Waals surface area (Å²) in [6, 6.07) is 12.7. The molecular weight excluding hydrogens is 511 g/mol. The van der Waals surface area contributed by atoms with Gasteiger partial charge in [-0.15, -0.1) is 0 Å². The summed E-state index contributed by atoms with van der Waals surface area (Å²) in [7, 11) is 0. The number of benzene rings is 2. The molecule has 2 atom stereocenters. The lowest BCUT2D eigenvalue weighted by Gasteiger charge is -2.40. The van der Waals surface area contributed by atoms with Crippen LogP contribution in [-0.4, -0.2) is 61.1 Å². The molecule has 2 aromatic rings. The van der Waals surface area contributed by atoms with E-state index in [2.05, 4.69) is 39.8 Å². The van der Waals surface area contributed by atoms with Gasteiger partial charge in [0.25, 0.3) is 5.91 Å². The van der Waals surface area contributed by atoms with Gasteiger partial charge in [0.15, 0.2) is 0 Å². The second kappa shape index (κ2) is 11.3. The van der Waals surface area contributed by atoms with Crippen LogP contribution in [0.5, 0.6) is 0 Å². The van der Waals surface area contributed by atoms with Gasteiger partial charge in [0.2, 0.25) is 5.91 Å². The number of ether oxygens (including phenoxy) is 2. The molecule has 39 heavy (non-hydrogen) atoms. The maximum absolute atomic E-state index is 13.0. The summed E-state index contributed by atoms with van der Waals surface area (Å²) in [6.07, 6.45) is -0.866. The number of likely N-dealkylation sites (tertiary alicyclic amines) is 1. The van der Waals surface area contributed by atoms with Gasteiger partial charge in [-0.3, -0.25) is 14.5 Å². The molecule has 2 aliphatic heterocycles. The summed E-state index contributed by atoms with van der Waals surface area (Å²) < 4.78 is 51.1. The van der Waals surface area contributed by atoms with Crippen molar-refractivity contribution < 1.29 is 32.2 Å². The number of fused-ring (bicyclic) bond motifs is 2. The fourth-order valence-corrected chi connectivity index (χ4v) is 6.21. The fraction of sp³-hybridized carbons (Fsp3) is 0.517. The number of hydrogen-bond donors (Lipinski definition) is 2. The lowest BCUT2D eigenvalue weighted by molar-refractivity contribution is -0.137. The van der Waals surface area contributed by atoms with Gasteiger partial charge in [0.1, 0.15) is 0 Å². The van der Waals surface area contributed by atoms with Gasteiger partial charge in [-0.25, -0.2) is 0 Å². The summed E-state index contributed by atoms with van der Waals surface area (Å²) in [4.78, 5) is 27.4. The van der Waals surface area contributed by atoms with Crippen molar-refractivity contribution in [2.45, 2.75) is 69.2 Å². The van der Waals surface area contributed by atoms with E-state index in [1.54, 1.807) is 0 Å². The Balaban J connectivity index is 1.14. The quantitative estimate of drug-likeness (QED) is 0.550. The van der Waals surface area contributed by atoms with E-state index in [0.29, 0.717) is 32.3 Å². The number of amides is 2. The monoisotopic (exact) mass is 545 g/mol. The summed E-state index contributed by atoms with van der Waals surface area (Å²) in [5, 5.41) is 5.38. The van der Waals surface area contributed by atoms with Crippen molar-refractivity contribution in [1.29, 1.82) is 0 Å². The SMILES string of the molecule is CCOC1CN(C2CCC3(CC2)OCc2ccccc23)CC1NC(=O)CNC(=O)c1cccc(C(F)(F)F)c1. The molecule has 1 saturated carbocycles. The van der Waals surface area contributed by atoms with Crippen molar-refractivity contribution in [2.24, 2.45) is 0 Å². The first kappa shape index (κ1) is 27.6. The number of hydrogen-bond acceptors (Lipinski definition) is 5. The number of nitrogens with zero attached hydrogens (tertiary/aromatic N) is 1. The molecule has 2 unspecified atom stereocenters. The molecule has 2 N–H and O–H groups in total. The van der Waals surface area contributed by atoms with E-state index in [4.69, 9.17) is 9.47 Å². The average Bonchev–Trinajstić information content (AvgIpc) is 3.49. The van der Waals surface area contributed by atoms with Gasteiger partial charge in [0.05, 0.1) is 36.5 Å². The van der Waals surface area contributed by atoms with Crippen molar-refractivity contribution >= 4 is 11.8 Å². The maximum Gasteiger partial charge on any atom is 0.416 e. The highest BCUT2D eigenvalue weighted by Crippen LogP contribution is 2.47. The normalized spacial score (nSPS) is 26.9. The van der Waals surface area contributed by atoms with Crippen LogP contribution in [-0.2, 0) is 32.7 Å². The fourth-order valence-electron chi connectivity index (χ4n) is 6.21. The van der Waals surface area contributed by atoms with Crippen LogP contribution in [0.1, 0.15) is 59.7 Å². The summed E-state index contributed by atoms with van der Waals surface area (Å²) >= 11 is 0.